The summed E-state index contributed by atoms with van der Waals surface area (Å²) in [5.74, 6) is -0.0544. The normalized spacial score (nSPS) is 9.31. The van der Waals surface area contributed by atoms with Crippen molar-refractivity contribution in [1.29, 1.82) is 0 Å². The van der Waals surface area contributed by atoms with E-state index < -0.39 is 5.97 Å². The van der Waals surface area contributed by atoms with Gasteiger partial charge in [0.25, 0.3) is 6.47 Å². The van der Waals surface area contributed by atoms with Crippen molar-refractivity contribution in [3.05, 3.63) is 35.9 Å². The largest absolute Gasteiger partial charge is 0.462 e. The Labute approximate surface area is 93.5 Å². The molecule has 0 unspecified atom stereocenters. The highest BCUT2D eigenvalue weighted by atomic mass is 16.5. The van der Waals surface area contributed by atoms with Crippen LogP contribution in [0.4, 0.5) is 0 Å². The van der Waals surface area contributed by atoms with Gasteiger partial charge in [-0.15, -0.1) is 0 Å². The second kappa shape index (κ2) is 5.70. The second-order valence-corrected chi connectivity index (χ2v) is 2.89. The Morgan fingerprint density at radius 3 is 2.81 bits per heavy atom. The first-order valence-electron chi connectivity index (χ1n) is 4.76. The van der Waals surface area contributed by atoms with Crippen LogP contribution in [-0.4, -0.2) is 19.0 Å². The van der Waals surface area contributed by atoms with Crippen molar-refractivity contribution in [3.8, 4) is 5.75 Å². The molecular weight excluding hydrogens is 208 g/mol. The molecule has 0 saturated carbocycles. The van der Waals surface area contributed by atoms with Gasteiger partial charge < -0.3 is 9.47 Å². The molecule has 0 atom stereocenters. The van der Waals surface area contributed by atoms with Gasteiger partial charge in [0.1, 0.15) is 5.75 Å². The summed E-state index contributed by atoms with van der Waals surface area (Å²) < 4.78 is 9.56. The topological polar surface area (TPSA) is 52.6 Å². The summed E-state index contributed by atoms with van der Waals surface area (Å²) in [6, 6.07) is 4.62. The molecule has 16 heavy (non-hydrogen) atoms. The van der Waals surface area contributed by atoms with Crippen LogP contribution in [-0.2, 0) is 9.53 Å². The van der Waals surface area contributed by atoms with Gasteiger partial charge in [-0.05, 0) is 25.1 Å². The van der Waals surface area contributed by atoms with Crippen molar-refractivity contribution in [3.63, 3.8) is 0 Å². The van der Waals surface area contributed by atoms with Crippen molar-refractivity contribution < 1.29 is 19.1 Å². The summed E-state index contributed by atoms with van der Waals surface area (Å²) in [6.07, 6.45) is 1.50. The number of ether oxygens (including phenoxy) is 2. The Balaban J connectivity index is 3.03. The molecule has 0 aromatic heterocycles. The zero-order valence-corrected chi connectivity index (χ0v) is 8.93. The van der Waals surface area contributed by atoms with Crippen molar-refractivity contribution in [2.24, 2.45) is 0 Å². The highest BCUT2D eigenvalue weighted by Crippen LogP contribution is 2.21. The van der Waals surface area contributed by atoms with E-state index in [0.29, 0.717) is 30.0 Å². The van der Waals surface area contributed by atoms with Gasteiger partial charge in [-0.1, -0.05) is 12.7 Å². The highest BCUT2D eigenvalue weighted by molar-refractivity contribution is 5.90. The maximum Gasteiger partial charge on any atom is 0.338 e. The Morgan fingerprint density at radius 2 is 2.25 bits per heavy atom. The molecule has 0 spiro atoms. The van der Waals surface area contributed by atoms with E-state index in [2.05, 4.69) is 6.58 Å². The molecule has 0 heterocycles. The lowest BCUT2D eigenvalue weighted by Gasteiger charge is -2.06. The third-order valence-electron chi connectivity index (χ3n) is 1.92. The number of benzene rings is 1. The predicted molar refractivity (Wildman–Crippen MR) is 59.2 cm³/mol. The van der Waals surface area contributed by atoms with E-state index in [9.17, 15) is 9.59 Å². The van der Waals surface area contributed by atoms with Crippen LogP contribution in [0.25, 0.3) is 6.08 Å². The van der Waals surface area contributed by atoms with E-state index in [1.807, 2.05) is 0 Å². The Hall–Kier alpha value is -2.10. The zero-order valence-electron chi connectivity index (χ0n) is 8.93. The molecule has 4 heteroatoms. The molecule has 0 aliphatic carbocycles. The van der Waals surface area contributed by atoms with Gasteiger partial charge in [0.15, 0.2) is 0 Å². The minimum atomic E-state index is -0.414. The SMILES string of the molecule is C=Cc1cc(C(=O)OCC)ccc1OC=O. The molecule has 4 nitrogen and oxygen atoms in total. The van der Waals surface area contributed by atoms with Crippen molar-refractivity contribution in [2.75, 3.05) is 6.61 Å². The lowest BCUT2D eigenvalue weighted by molar-refractivity contribution is -0.120. The number of hydrogen-bond donors (Lipinski definition) is 0. The summed E-state index contributed by atoms with van der Waals surface area (Å²) in [5, 5.41) is 0. The maximum absolute atomic E-state index is 11.4. The average Bonchev–Trinajstić information content (AvgIpc) is 2.30. The Bertz CT molecular complexity index is 409. The van der Waals surface area contributed by atoms with Gasteiger partial charge in [-0.2, -0.15) is 0 Å². The molecule has 1 rings (SSSR count). The van der Waals surface area contributed by atoms with Gasteiger partial charge in [-0.25, -0.2) is 4.79 Å². The number of carbonyl (C=O) groups excluding carboxylic acids is 2. The quantitative estimate of drug-likeness (QED) is 0.563. The minimum Gasteiger partial charge on any atom is -0.462 e. The predicted octanol–water partition coefficient (Wildman–Crippen LogP) is 2.04. The fourth-order valence-electron chi connectivity index (χ4n) is 1.21. The summed E-state index contributed by atoms with van der Waals surface area (Å²) in [6.45, 7) is 5.94. The number of hydrogen-bond acceptors (Lipinski definition) is 4. The highest BCUT2D eigenvalue weighted by Gasteiger charge is 2.09. The summed E-state index contributed by atoms with van der Waals surface area (Å²) >= 11 is 0. The molecule has 0 radical (unpaired) electrons. The maximum atomic E-state index is 11.4. The fourth-order valence-corrected chi connectivity index (χ4v) is 1.21. The first-order chi connectivity index (χ1) is 7.72. The summed E-state index contributed by atoms with van der Waals surface area (Å²) in [7, 11) is 0. The molecule has 1 aromatic rings. The molecule has 0 amide bonds. The van der Waals surface area contributed by atoms with Crippen LogP contribution in [0.3, 0.4) is 0 Å². The van der Waals surface area contributed by atoms with E-state index >= 15 is 0 Å². The molecule has 0 saturated heterocycles. The van der Waals surface area contributed by atoms with Crippen LogP contribution in [0.5, 0.6) is 5.75 Å². The molecule has 0 fully saturated rings. The average molecular weight is 220 g/mol. The van der Waals surface area contributed by atoms with Crippen LogP contribution in [0.15, 0.2) is 24.8 Å². The Kier molecular flexibility index (Phi) is 4.27. The van der Waals surface area contributed by atoms with Crippen LogP contribution in [0.2, 0.25) is 0 Å². The van der Waals surface area contributed by atoms with Gasteiger partial charge >= 0.3 is 5.97 Å². The fraction of sp³-hybridized carbons (Fsp3) is 0.167. The zero-order chi connectivity index (χ0) is 12.0. The van der Waals surface area contributed by atoms with Crippen LogP contribution >= 0.6 is 0 Å². The van der Waals surface area contributed by atoms with Crippen molar-refractivity contribution in [1.82, 2.24) is 0 Å². The molecule has 1 aromatic carbocycles. The van der Waals surface area contributed by atoms with Crippen LogP contribution in [0.1, 0.15) is 22.8 Å². The second-order valence-electron chi connectivity index (χ2n) is 2.89. The number of esters is 1. The van der Waals surface area contributed by atoms with Gasteiger partial charge in [0.2, 0.25) is 0 Å². The molecule has 84 valence electrons. The van der Waals surface area contributed by atoms with E-state index in [1.54, 1.807) is 13.0 Å². The molecular formula is C12H12O4. The van der Waals surface area contributed by atoms with Crippen molar-refractivity contribution in [2.45, 2.75) is 6.92 Å². The third kappa shape index (κ3) is 2.70. The smallest absolute Gasteiger partial charge is 0.338 e. The standard InChI is InChI=1S/C12H12O4/c1-3-9-7-10(12(14)15-4-2)5-6-11(9)16-8-13/h3,5-8H,1,4H2,2H3. The van der Waals surface area contributed by atoms with E-state index in [0.717, 1.165) is 0 Å². The lowest BCUT2D eigenvalue weighted by atomic mass is 10.1. The van der Waals surface area contributed by atoms with Crippen LogP contribution in [0, 0.1) is 0 Å². The lowest BCUT2D eigenvalue weighted by Crippen LogP contribution is -2.05. The molecule has 0 N–H and O–H groups in total. The Morgan fingerprint density at radius 1 is 1.50 bits per heavy atom. The number of rotatable bonds is 5. The summed E-state index contributed by atoms with van der Waals surface area (Å²) in [4.78, 5) is 21.6. The van der Waals surface area contributed by atoms with Gasteiger partial charge in [0, 0.05) is 5.56 Å². The van der Waals surface area contributed by atoms with E-state index in [4.69, 9.17) is 9.47 Å². The van der Waals surface area contributed by atoms with E-state index in [1.165, 1.54) is 18.2 Å². The van der Waals surface area contributed by atoms with Crippen LogP contribution < -0.4 is 4.74 Å². The van der Waals surface area contributed by atoms with Gasteiger partial charge in [-0.3, -0.25) is 4.79 Å². The first kappa shape index (κ1) is 12.0. The minimum absolute atomic E-state index is 0.314. The van der Waals surface area contributed by atoms with Crippen molar-refractivity contribution >= 4 is 18.5 Å². The molecule has 0 bridgehead atoms. The molecule has 0 aliphatic rings. The first-order valence-corrected chi connectivity index (χ1v) is 4.76. The third-order valence-corrected chi connectivity index (χ3v) is 1.92. The van der Waals surface area contributed by atoms with E-state index in [-0.39, 0.29) is 0 Å². The monoisotopic (exact) mass is 220 g/mol. The number of carbonyl (C=O) groups is 2. The summed E-state index contributed by atoms with van der Waals surface area (Å²) in [5.41, 5.74) is 0.965. The van der Waals surface area contributed by atoms with Gasteiger partial charge in [0.05, 0.1) is 12.2 Å². The molecule has 0 aliphatic heterocycles.